The van der Waals surface area contributed by atoms with Gasteiger partial charge in [-0.1, -0.05) is 78.9 Å². The molecule has 3 N–H and O–H groups in total. The van der Waals surface area contributed by atoms with Crippen LogP contribution in [0.5, 0.6) is 17.2 Å². The van der Waals surface area contributed by atoms with E-state index in [1.165, 1.54) is 0 Å². The molecule has 0 aromatic heterocycles. The Morgan fingerprint density at radius 2 is 0.839 bits per heavy atom. The van der Waals surface area contributed by atoms with E-state index < -0.39 is 0 Å². The van der Waals surface area contributed by atoms with Gasteiger partial charge in [0.05, 0.1) is 0 Å². The second-order valence-corrected chi connectivity index (χ2v) is 6.70. The summed E-state index contributed by atoms with van der Waals surface area (Å²) in [5, 5.41) is 32.8. The molecule has 5 aromatic rings. The van der Waals surface area contributed by atoms with Crippen LogP contribution in [0.1, 0.15) is 0 Å². The number of rotatable bonds is 1. The second-order valence-electron chi connectivity index (χ2n) is 6.70. The van der Waals surface area contributed by atoms with E-state index in [1.54, 1.807) is 36.4 Å². The van der Waals surface area contributed by atoms with Gasteiger partial charge in [-0.3, -0.25) is 0 Å². The molecule has 0 radical (unpaired) electrons. The van der Waals surface area contributed by atoms with E-state index in [0.29, 0.717) is 5.75 Å². The van der Waals surface area contributed by atoms with Crippen molar-refractivity contribution in [3.63, 3.8) is 0 Å². The summed E-state index contributed by atoms with van der Waals surface area (Å²) in [6.45, 7) is 0. The van der Waals surface area contributed by atoms with Crippen molar-refractivity contribution in [2.45, 2.75) is 0 Å². The Labute approximate surface area is 189 Å². The van der Waals surface area contributed by atoms with Crippen LogP contribution in [0.3, 0.4) is 0 Å². The van der Waals surface area contributed by atoms with Gasteiger partial charge in [-0.2, -0.15) is 0 Å². The van der Waals surface area contributed by atoms with Gasteiger partial charge < -0.3 is 15.3 Å². The van der Waals surface area contributed by atoms with E-state index in [0.717, 1.165) is 50.0 Å². The molecule has 0 heterocycles. The molecule has 0 amide bonds. The third-order valence-corrected chi connectivity index (χ3v) is 4.81. The fraction of sp³-hybridized carbons (Fsp3) is 0. The van der Waals surface area contributed by atoms with Gasteiger partial charge in [0, 0.05) is 10.8 Å². The van der Waals surface area contributed by atoms with Crippen molar-refractivity contribution in [2.75, 3.05) is 0 Å². The van der Waals surface area contributed by atoms with Gasteiger partial charge in [0.2, 0.25) is 0 Å². The van der Waals surface area contributed by atoms with E-state index in [1.807, 2.05) is 66.7 Å². The van der Waals surface area contributed by atoms with Gasteiger partial charge in [0.25, 0.3) is 0 Å². The zero-order valence-corrected chi connectivity index (χ0v) is 17.9. The predicted molar refractivity (Wildman–Crippen MR) is 119 cm³/mol. The number of para-hydroxylation sites is 1. The van der Waals surface area contributed by atoms with E-state index >= 15 is 0 Å². The minimum atomic E-state index is 0.250. The van der Waals surface area contributed by atoms with Gasteiger partial charge in [0.1, 0.15) is 17.2 Å². The molecule has 153 valence electrons. The van der Waals surface area contributed by atoms with E-state index in [9.17, 15) is 10.2 Å². The molecule has 5 aromatic carbocycles. The summed E-state index contributed by atoms with van der Waals surface area (Å²) >= 11 is 1.06. The molecular weight excluding hydrogens is 427 g/mol. The van der Waals surface area contributed by atoms with E-state index in [-0.39, 0.29) is 11.5 Å². The van der Waals surface area contributed by atoms with Crippen LogP contribution < -0.4 is 0 Å². The maximum absolute atomic E-state index is 10.3. The molecule has 0 fully saturated rings. The number of aromatic hydroxyl groups is 3. The van der Waals surface area contributed by atoms with Crippen LogP contribution >= 0.6 is 0 Å². The van der Waals surface area contributed by atoms with Crippen LogP contribution in [0, 0.1) is 0 Å². The monoisotopic (exact) mass is 447 g/mol. The summed E-state index contributed by atoms with van der Waals surface area (Å²) in [6.07, 6.45) is 0. The van der Waals surface area contributed by atoms with Crippen LogP contribution in [0.15, 0.2) is 103 Å². The molecule has 0 saturated heterocycles. The SMILES string of the molecule is Oc1cccc2cccc(-c3cccc4cccc(O)c34)c12.Oc1ccccc1.[O]=[V]. The van der Waals surface area contributed by atoms with Crippen molar-refractivity contribution < 1.29 is 36.4 Å². The Kier molecular flexibility index (Phi) is 7.44. The number of fused-ring (bicyclic) bond motifs is 2. The average Bonchev–Trinajstić information content (AvgIpc) is 2.81. The molecule has 0 bridgehead atoms. The van der Waals surface area contributed by atoms with Crippen LogP contribution in [0.4, 0.5) is 0 Å². The summed E-state index contributed by atoms with van der Waals surface area (Å²) in [6, 6.07) is 31.6. The summed E-state index contributed by atoms with van der Waals surface area (Å²) in [4.78, 5) is 0. The zero-order valence-electron chi connectivity index (χ0n) is 16.5. The molecule has 0 saturated carbocycles. The third-order valence-electron chi connectivity index (χ3n) is 4.81. The van der Waals surface area contributed by atoms with Crippen molar-refractivity contribution in [2.24, 2.45) is 0 Å². The Morgan fingerprint density at radius 3 is 1.19 bits per heavy atom. The summed E-state index contributed by atoms with van der Waals surface area (Å²) < 4.78 is 8.19. The van der Waals surface area contributed by atoms with Gasteiger partial charge in [-0.15, -0.1) is 0 Å². The molecule has 0 spiro atoms. The average molecular weight is 447 g/mol. The molecule has 5 rings (SSSR count). The number of hydrogen-bond donors (Lipinski definition) is 3. The first-order valence-electron chi connectivity index (χ1n) is 9.49. The minimum absolute atomic E-state index is 0.250. The maximum atomic E-state index is 10.3. The second kappa shape index (κ2) is 10.4. The number of phenols is 3. The zero-order chi connectivity index (χ0) is 22.2. The van der Waals surface area contributed by atoms with Crippen LogP contribution in [-0.2, 0) is 21.0 Å². The van der Waals surface area contributed by atoms with Crippen molar-refractivity contribution in [3.05, 3.63) is 103 Å². The molecular formula is C26H20O4V. The third kappa shape index (κ3) is 4.94. The van der Waals surface area contributed by atoms with Gasteiger partial charge in [-0.25, -0.2) is 0 Å². The van der Waals surface area contributed by atoms with E-state index in [2.05, 4.69) is 0 Å². The fourth-order valence-electron chi connectivity index (χ4n) is 3.52. The van der Waals surface area contributed by atoms with E-state index in [4.69, 9.17) is 8.78 Å². The van der Waals surface area contributed by atoms with Crippen LogP contribution in [-0.4, -0.2) is 15.3 Å². The first kappa shape index (κ1) is 22.1. The summed E-state index contributed by atoms with van der Waals surface area (Å²) in [7, 11) is 0. The Morgan fingerprint density at radius 1 is 0.452 bits per heavy atom. The molecule has 0 aliphatic carbocycles. The standard InChI is InChI=1S/C20H14O2.C6H6O.O.V/c21-17-11-3-7-13-5-1-9-15(19(13)17)16-10-2-6-14-8-4-12-18(22)20(14)16;7-6-4-2-1-3-5-6;;/h1-12,21-22H;1-5,7H;;. The summed E-state index contributed by atoms with van der Waals surface area (Å²) in [5.41, 5.74) is 1.84. The number of benzene rings is 5. The molecule has 0 aliphatic heterocycles. The van der Waals surface area contributed by atoms with Crippen LogP contribution in [0.2, 0.25) is 0 Å². The molecule has 0 atom stereocenters. The first-order valence-corrected chi connectivity index (χ1v) is 10.1. The number of phenolic OH excluding ortho intramolecular Hbond substituents is 3. The topological polar surface area (TPSA) is 77.8 Å². The molecule has 4 nitrogen and oxygen atoms in total. The van der Waals surface area contributed by atoms with Gasteiger partial charge in [-0.05, 0) is 46.2 Å². The van der Waals surface area contributed by atoms with Crippen LogP contribution in [0.25, 0.3) is 32.7 Å². The first-order chi connectivity index (χ1) is 15.1. The Bertz CT molecular complexity index is 1210. The molecule has 31 heavy (non-hydrogen) atoms. The number of hydrogen-bond acceptors (Lipinski definition) is 4. The Balaban J connectivity index is 0.000000256. The van der Waals surface area contributed by atoms with Crippen molar-refractivity contribution in [3.8, 4) is 28.4 Å². The molecule has 5 heteroatoms. The summed E-state index contributed by atoms with van der Waals surface area (Å²) in [5.74, 6) is 0.823. The predicted octanol–water partition coefficient (Wildman–Crippen LogP) is 6.34. The quantitative estimate of drug-likeness (QED) is 0.280. The Hall–Kier alpha value is -3.60. The fourth-order valence-corrected chi connectivity index (χ4v) is 3.52. The molecule has 0 unspecified atom stereocenters. The normalized spacial score (nSPS) is 9.90. The van der Waals surface area contributed by atoms with Crippen molar-refractivity contribution in [1.29, 1.82) is 0 Å². The van der Waals surface area contributed by atoms with Gasteiger partial charge >= 0.3 is 21.0 Å². The van der Waals surface area contributed by atoms with Gasteiger partial charge in [0.15, 0.2) is 0 Å². The van der Waals surface area contributed by atoms with Crippen molar-refractivity contribution >= 4 is 21.5 Å². The molecule has 0 aliphatic rings. The van der Waals surface area contributed by atoms with Crippen molar-refractivity contribution in [1.82, 2.24) is 0 Å².